The van der Waals surface area contributed by atoms with E-state index in [9.17, 15) is 18.0 Å². The highest BCUT2D eigenvalue weighted by Crippen LogP contribution is 2.25. The van der Waals surface area contributed by atoms with E-state index in [0.717, 1.165) is 0 Å². The van der Waals surface area contributed by atoms with E-state index >= 15 is 0 Å². The maximum atomic E-state index is 12.6. The molecule has 118 valence electrons. The van der Waals surface area contributed by atoms with Gasteiger partial charge in [-0.15, -0.1) is 0 Å². The first kappa shape index (κ1) is 18.5. The second-order valence-corrected chi connectivity index (χ2v) is 4.14. The fourth-order valence-corrected chi connectivity index (χ4v) is 1.63. The molecule has 1 unspecified atom stereocenters. The Hall–Kier alpha value is -1.51. The van der Waals surface area contributed by atoms with Crippen molar-refractivity contribution in [2.45, 2.75) is 26.4 Å². The normalized spacial score (nSPS) is 14.2. The molecule has 1 atom stereocenters. The van der Waals surface area contributed by atoms with Crippen molar-refractivity contribution in [3.8, 4) is 0 Å². The SMILES string of the molecule is CCN(CC)C(=O)CCNCC(C(N)=NO)C(F)(F)F. The van der Waals surface area contributed by atoms with E-state index in [4.69, 9.17) is 10.9 Å². The number of nitrogens with one attached hydrogen (secondary N) is 1. The maximum absolute atomic E-state index is 12.6. The Morgan fingerprint density at radius 1 is 1.40 bits per heavy atom. The number of nitrogens with zero attached hydrogens (tertiary/aromatic N) is 2. The van der Waals surface area contributed by atoms with Crippen molar-refractivity contribution in [2.75, 3.05) is 26.2 Å². The van der Waals surface area contributed by atoms with E-state index in [1.54, 1.807) is 4.90 Å². The average Bonchev–Trinajstić information content (AvgIpc) is 2.37. The smallest absolute Gasteiger partial charge is 0.400 e. The second kappa shape index (κ2) is 8.62. The highest BCUT2D eigenvalue weighted by Gasteiger charge is 2.42. The molecule has 0 aromatic heterocycles. The molecule has 20 heavy (non-hydrogen) atoms. The van der Waals surface area contributed by atoms with Crippen LogP contribution in [0.15, 0.2) is 5.16 Å². The first-order chi connectivity index (χ1) is 9.27. The standard InChI is InChI=1S/C11H21F3N4O2/c1-3-18(4-2)9(19)5-6-16-7-8(10(15)17-20)11(12,13)14/h8,16,20H,3-7H2,1-2H3,(H2,15,17). The van der Waals surface area contributed by atoms with E-state index in [1.807, 2.05) is 13.8 Å². The lowest BCUT2D eigenvalue weighted by molar-refractivity contribution is -0.154. The fraction of sp³-hybridized carbons (Fsp3) is 0.818. The van der Waals surface area contributed by atoms with Crippen LogP contribution in [0.1, 0.15) is 20.3 Å². The number of amides is 1. The molecule has 0 bridgehead atoms. The minimum atomic E-state index is -4.60. The van der Waals surface area contributed by atoms with Crippen molar-refractivity contribution < 1.29 is 23.2 Å². The van der Waals surface area contributed by atoms with Crippen LogP contribution in [0.4, 0.5) is 13.2 Å². The van der Waals surface area contributed by atoms with Gasteiger partial charge in [0.15, 0.2) is 5.84 Å². The van der Waals surface area contributed by atoms with Crippen LogP contribution in [0, 0.1) is 5.92 Å². The topological polar surface area (TPSA) is 91.0 Å². The van der Waals surface area contributed by atoms with E-state index < -0.39 is 24.5 Å². The lowest BCUT2D eigenvalue weighted by Gasteiger charge is -2.21. The predicted molar refractivity (Wildman–Crippen MR) is 68.4 cm³/mol. The van der Waals surface area contributed by atoms with Gasteiger partial charge in [-0.25, -0.2) is 0 Å². The molecule has 0 fully saturated rings. The van der Waals surface area contributed by atoms with Crippen LogP contribution in [0.25, 0.3) is 0 Å². The van der Waals surface area contributed by atoms with Crippen molar-refractivity contribution in [2.24, 2.45) is 16.8 Å². The molecule has 0 spiro atoms. The first-order valence-corrected chi connectivity index (χ1v) is 6.30. The van der Waals surface area contributed by atoms with Gasteiger partial charge in [-0.3, -0.25) is 4.79 Å². The predicted octanol–water partition coefficient (Wildman–Crippen LogP) is 0.759. The van der Waals surface area contributed by atoms with E-state index in [-0.39, 0.29) is 18.9 Å². The van der Waals surface area contributed by atoms with Crippen molar-refractivity contribution >= 4 is 11.7 Å². The molecule has 0 aliphatic rings. The molecule has 1 amide bonds. The number of carbonyl (C=O) groups excluding carboxylic acids is 1. The number of rotatable bonds is 8. The number of nitrogens with two attached hydrogens (primary N) is 1. The molecule has 0 aliphatic carbocycles. The summed E-state index contributed by atoms with van der Waals surface area (Å²) in [5, 5.41) is 13.2. The van der Waals surface area contributed by atoms with Crippen LogP contribution in [-0.2, 0) is 4.79 Å². The molecular weight excluding hydrogens is 277 g/mol. The monoisotopic (exact) mass is 298 g/mol. The summed E-state index contributed by atoms with van der Waals surface area (Å²) in [7, 11) is 0. The number of carbonyl (C=O) groups is 1. The summed E-state index contributed by atoms with van der Waals surface area (Å²) in [6.07, 6.45) is -4.51. The largest absolute Gasteiger partial charge is 0.409 e. The van der Waals surface area contributed by atoms with Crippen molar-refractivity contribution in [1.29, 1.82) is 0 Å². The molecule has 0 aromatic carbocycles. The average molecular weight is 298 g/mol. The summed E-state index contributed by atoms with van der Waals surface area (Å²) in [5.41, 5.74) is 5.00. The van der Waals surface area contributed by atoms with Gasteiger partial charge in [0.05, 0.1) is 0 Å². The number of halogens is 3. The molecule has 6 nitrogen and oxygen atoms in total. The summed E-state index contributed by atoms with van der Waals surface area (Å²) in [5.74, 6) is -3.11. The van der Waals surface area contributed by atoms with Gasteiger partial charge in [0, 0.05) is 32.6 Å². The summed E-state index contributed by atoms with van der Waals surface area (Å²) >= 11 is 0. The van der Waals surface area contributed by atoms with Crippen LogP contribution in [0.5, 0.6) is 0 Å². The van der Waals surface area contributed by atoms with Crippen LogP contribution < -0.4 is 11.1 Å². The third-order valence-electron chi connectivity index (χ3n) is 2.85. The van der Waals surface area contributed by atoms with E-state index in [2.05, 4.69) is 10.5 Å². The van der Waals surface area contributed by atoms with Crippen molar-refractivity contribution in [3.05, 3.63) is 0 Å². The number of hydrogen-bond donors (Lipinski definition) is 3. The van der Waals surface area contributed by atoms with Gasteiger partial charge in [0.2, 0.25) is 5.91 Å². The zero-order valence-electron chi connectivity index (χ0n) is 11.6. The van der Waals surface area contributed by atoms with E-state index in [1.165, 1.54) is 0 Å². The quantitative estimate of drug-likeness (QED) is 0.203. The molecule has 0 aromatic rings. The lowest BCUT2D eigenvalue weighted by atomic mass is 10.1. The van der Waals surface area contributed by atoms with Gasteiger partial charge in [-0.1, -0.05) is 5.16 Å². The minimum Gasteiger partial charge on any atom is -0.409 e. The maximum Gasteiger partial charge on any atom is 0.400 e. The molecule has 0 radical (unpaired) electrons. The molecule has 0 heterocycles. The zero-order chi connectivity index (χ0) is 15.8. The Morgan fingerprint density at radius 2 is 1.95 bits per heavy atom. The molecule has 0 aliphatic heterocycles. The van der Waals surface area contributed by atoms with Crippen LogP contribution in [0.2, 0.25) is 0 Å². The zero-order valence-corrected chi connectivity index (χ0v) is 11.6. The highest BCUT2D eigenvalue weighted by molar-refractivity contribution is 5.83. The summed E-state index contributed by atoms with van der Waals surface area (Å²) in [4.78, 5) is 13.2. The molecule has 4 N–H and O–H groups in total. The molecule has 0 saturated carbocycles. The molecule has 9 heteroatoms. The number of hydrogen-bond acceptors (Lipinski definition) is 4. The Labute approximate surface area is 115 Å². The summed E-state index contributed by atoms with van der Waals surface area (Å²) < 4.78 is 37.8. The molecule has 0 rings (SSSR count). The summed E-state index contributed by atoms with van der Waals surface area (Å²) in [6, 6.07) is 0. The Kier molecular flexibility index (Phi) is 7.97. The minimum absolute atomic E-state index is 0.0978. The lowest BCUT2D eigenvalue weighted by Crippen LogP contribution is -2.43. The van der Waals surface area contributed by atoms with Gasteiger partial charge in [-0.05, 0) is 13.8 Å². The number of amidine groups is 1. The Bertz CT molecular complexity index is 330. The first-order valence-electron chi connectivity index (χ1n) is 6.30. The Morgan fingerprint density at radius 3 is 2.35 bits per heavy atom. The van der Waals surface area contributed by atoms with Crippen LogP contribution in [-0.4, -0.2) is 54.2 Å². The van der Waals surface area contributed by atoms with Gasteiger partial charge >= 0.3 is 6.18 Å². The molecular formula is C11H21F3N4O2. The van der Waals surface area contributed by atoms with Gasteiger partial charge in [0.25, 0.3) is 0 Å². The number of oxime groups is 1. The van der Waals surface area contributed by atoms with Crippen LogP contribution >= 0.6 is 0 Å². The third kappa shape index (κ3) is 6.09. The third-order valence-corrected chi connectivity index (χ3v) is 2.85. The summed E-state index contributed by atoms with van der Waals surface area (Å²) in [6.45, 7) is 4.33. The van der Waals surface area contributed by atoms with Crippen LogP contribution in [0.3, 0.4) is 0 Å². The van der Waals surface area contributed by atoms with Gasteiger partial charge in [0.1, 0.15) is 5.92 Å². The fourth-order valence-electron chi connectivity index (χ4n) is 1.63. The highest BCUT2D eigenvalue weighted by atomic mass is 19.4. The van der Waals surface area contributed by atoms with Gasteiger partial charge in [-0.2, -0.15) is 13.2 Å². The van der Waals surface area contributed by atoms with E-state index in [0.29, 0.717) is 13.1 Å². The van der Waals surface area contributed by atoms with Crippen molar-refractivity contribution in [1.82, 2.24) is 10.2 Å². The number of alkyl halides is 3. The second-order valence-electron chi connectivity index (χ2n) is 4.14. The molecule has 0 saturated heterocycles. The van der Waals surface area contributed by atoms with Crippen molar-refractivity contribution in [3.63, 3.8) is 0 Å². The Balaban J connectivity index is 4.24. The van der Waals surface area contributed by atoms with Gasteiger partial charge < -0.3 is 21.2 Å².